The van der Waals surface area contributed by atoms with Crippen molar-refractivity contribution in [1.82, 2.24) is 4.98 Å². The number of nitrogens with zero attached hydrogens (tertiary/aromatic N) is 1. The summed E-state index contributed by atoms with van der Waals surface area (Å²) in [5.41, 5.74) is 7.24. The summed E-state index contributed by atoms with van der Waals surface area (Å²) in [4.78, 5) is 4.12. The molecule has 0 saturated carbocycles. The maximum absolute atomic E-state index is 5.56. The molecule has 0 radical (unpaired) electrons. The molecule has 0 unspecified atom stereocenters. The van der Waals surface area contributed by atoms with E-state index in [1.165, 1.54) is 28.7 Å². The van der Waals surface area contributed by atoms with Crippen LogP contribution in [0.1, 0.15) is 42.9 Å². The average Bonchev–Trinajstić information content (AvgIpc) is 2.57. The fraction of sp³-hybridized carbons (Fsp3) is 0.350. The van der Waals surface area contributed by atoms with Gasteiger partial charge >= 0.3 is 0 Å². The number of hydrogen-bond acceptors (Lipinski definition) is 2. The minimum Gasteiger partial charge on any atom is -0.496 e. The van der Waals surface area contributed by atoms with E-state index in [-0.39, 0.29) is 12.4 Å². The van der Waals surface area contributed by atoms with Crippen molar-refractivity contribution in [2.75, 3.05) is 7.11 Å². The molecule has 0 fully saturated rings. The normalized spacial score (nSPS) is 13.3. The second-order valence-corrected chi connectivity index (χ2v) is 5.85. The van der Waals surface area contributed by atoms with Gasteiger partial charge in [0.25, 0.3) is 0 Å². The molecule has 0 atom stereocenters. The smallest absolute Gasteiger partial charge is 0.122 e. The summed E-state index contributed by atoms with van der Waals surface area (Å²) in [5.74, 6) is 1.04. The van der Waals surface area contributed by atoms with Gasteiger partial charge in [0.05, 0.1) is 7.11 Å². The van der Waals surface area contributed by atoms with Crippen molar-refractivity contribution in [2.45, 2.75) is 39.0 Å². The Bertz CT molecular complexity index is 679. The third kappa shape index (κ3) is 3.76. The van der Waals surface area contributed by atoms with Crippen LogP contribution in [-0.4, -0.2) is 12.1 Å². The van der Waals surface area contributed by atoms with Gasteiger partial charge in [0, 0.05) is 18.0 Å². The standard InChI is InChI=1S/C20H23NO.ClH/c1-3-5-17-16(14-15-10-12-21-13-11-15)8-9-19-18(17)6-4-7-20(19)22-2;/h4,6-7,10-13H,3,5,8-9,14H2,1-2H3;1H. The first kappa shape index (κ1) is 17.6. The van der Waals surface area contributed by atoms with Crippen LogP contribution < -0.4 is 4.74 Å². The fourth-order valence-corrected chi connectivity index (χ4v) is 3.42. The Morgan fingerprint density at radius 1 is 1.09 bits per heavy atom. The molecule has 122 valence electrons. The van der Waals surface area contributed by atoms with Gasteiger partial charge in [0.2, 0.25) is 0 Å². The highest BCUT2D eigenvalue weighted by atomic mass is 35.5. The molecule has 23 heavy (non-hydrogen) atoms. The van der Waals surface area contributed by atoms with E-state index in [9.17, 15) is 0 Å². The maximum Gasteiger partial charge on any atom is 0.122 e. The highest BCUT2D eigenvalue weighted by Gasteiger charge is 2.21. The third-order valence-electron chi connectivity index (χ3n) is 4.45. The number of pyridine rings is 1. The molecule has 0 aliphatic heterocycles. The number of ether oxygens (including phenoxy) is 1. The Hall–Kier alpha value is -1.80. The van der Waals surface area contributed by atoms with Crippen molar-refractivity contribution in [3.8, 4) is 5.75 Å². The summed E-state index contributed by atoms with van der Waals surface area (Å²) in [6, 6.07) is 10.7. The van der Waals surface area contributed by atoms with Gasteiger partial charge in [-0.3, -0.25) is 4.98 Å². The van der Waals surface area contributed by atoms with Gasteiger partial charge in [0.15, 0.2) is 0 Å². The average molecular weight is 330 g/mol. The zero-order valence-electron chi connectivity index (χ0n) is 13.8. The summed E-state index contributed by atoms with van der Waals surface area (Å²) in [5, 5.41) is 0. The third-order valence-corrected chi connectivity index (χ3v) is 4.45. The van der Waals surface area contributed by atoms with Crippen LogP contribution in [-0.2, 0) is 12.8 Å². The van der Waals surface area contributed by atoms with Gasteiger partial charge in [-0.05, 0) is 60.6 Å². The van der Waals surface area contributed by atoms with Crippen molar-refractivity contribution in [1.29, 1.82) is 0 Å². The highest BCUT2D eigenvalue weighted by Crippen LogP contribution is 2.39. The fourth-order valence-electron chi connectivity index (χ4n) is 3.42. The van der Waals surface area contributed by atoms with Gasteiger partial charge in [-0.2, -0.15) is 0 Å². The highest BCUT2D eigenvalue weighted by molar-refractivity contribution is 5.85. The van der Waals surface area contributed by atoms with E-state index in [0.29, 0.717) is 0 Å². The van der Waals surface area contributed by atoms with Crippen molar-refractivity contribution < 1.29 is 4.74 Å². The Morgan fingerprint density at radius 3 is 2.57 bits per heavy atom. The maximum atomic E-state index is 5.56. The van der Waals surface area contributed by atoms with Crippen LogP contribution in [0.4, 0.5) is 0 Å². The summed E-state index contributed by atoms with van der Waals surface area (Å²) in [6.07, 6.45) is 9.32. The number of allylic oxidation sites excluding steroid dienone is 2. The van der Waals surface area contributed by atoms with Crippen molar-refractivity contribution in [2.24, 2.45) is 0 Å². The van der Waals surface area contributed by atoms with Crippen molar-refractivity contribution in [3.05, 3.63) is 65.0 Å². The number of halogens is 1. The molecule has 3 rings (SSSR count). The number of fused-ring (bicyclic) bond motifs is 1. The molecular formula is C20H24ClNO. The summed E-state index contributed by atoms with van der Waals surface area (Å²) >= 11 is 0. The summed E-state index contributed by atoms with van der Waals surface area (Å²) < 4.78 is 5.56. The molecule has 0 bridgehead atoms. The predicted molar refractivity (Wildman–Crippen MR) is 98.3 cm³/mol. The van der Waals surface area contributed by atoms with Gasteiger partial charge in [-0.1, -0.05) is 31.1 Å². The zero-order valence-corrected chi connectivity index (χ0v) is 14.7. The number of benzene rings is 1. The van der Waals surface area contributed by atoms with E-state index in [2.05, 4.69) is 42.2 Å². The van der Waals surface area contributed by atoms with Crippen LogP contribution in [0.5, 0.6) is 5.75 Å². The molecule has 1 aliphatic rings. The monoisotopic (exact) mass is 329 g/mol. The first-order valence-electron chi connectivity index (χ1n) is 8.09. The lowest BCUT2D eigenvalue weighted by atomic mass is 9.81. The lowest BCUT2D eigenvalue weighted by molar-refractivity contribution is 0.409. The number of rotatable bonds is 5. The minimum absolute atomic E-state index is 0. The van der Waals surface area contributed by atoms with Crippen LogP contribution in [0.15, 0.2) is 48.3 Å². The molecular weight excluding hydrogens is 306 g/mol. The predicted octanol–water partition coefficient (Wildman–Crippen LogP) is 5.25. The van der Waals surface area contributed by atoms with E-state index in [0.717, 1.165) is 31.4 Å². The van der Waals surface area contributed by atoms with Gasteiger partial charge < -0.3 is 4.74 Å². The van der Waals surface area contributed by atoms with Crippen LogP contribution in [0.2, 0.25) is 0 Å². The number of hydrogen-bond donors (Lipinski definition) is 0. The van der Waals surface area contributed by atoms with Crippen LogP contribution >= 0.6 is 12.4 Å². The van der Waals surface area contributed by atoms with E-state index in [4.69, 9.17) is 4.74 Å². The van der Waals surface area contributed by atoms with Crippen molar-refractivity contribution in [3.63, 3.8) is 0 Å². The molecule has 0 spiro atoms. The van der Waals surface area contributed by atoms with Crippen molar-refractivity contribution >= 4 is 18.0 Å². The van der Waals surface area contributed by atoms with E-state index in [1.54, 1.807) is 12.7 Å². The summed E-state index contributed by atoms with van der Waals surface area (Å²) in [6.45, 7) is 2.26. The zero-order chi connectivity index (χ0) is 15.4. The molecule has 1 aromatic heterocycles. The molecule has 2 aromatic rings. The SMILES string of the molecule is CCCC1=C(Cc2ccncc2)CCc2c(OC)cccc21.Cl. The first-order chi connectivity index (χ1) is 10.8. The van der Waals surface area contributed by atoms with Crippen LogP contribution in [0, 0.1) is 0 Å². The lowest BCUT2D eigenvalue weighted by Crippen LogP contribution is -2.09. The Morgan fingerprint density at radius 2 is 1.87 bits per heavy atom. The largest absolute Gasteiger partial charge is 0.496 e. The molecule has 1 aromatic carbocycles. The molecule has 0 N–H and O–H groups in total. The molecule has 1 aliphatic carbocycles. The minimum atomic E-state index is 0. The van der Waals surface area contributed by atoms with Gasteiger partial charge in [-0.25, -0.2) is 0 Å². The van der Waals surface area contributed by atoms with E-state index >= 15 is 0 Å². The Kier molecular flexibility index (Phi) is 6.23. The molecule has 0 amide bonds. The quantitative estimate of drug-likeness (QED) is 0.747. The molecule has 1 heterocycles. The number of methoxy groups -OCH3 is 1. The van der Waals surface area contributed by atoms with Gasteiger partial charge in [-0.15, -0.1) is 12.4 Å². The van der Waals surface area contributed by atoms with E-state index in [1.807, 2.05) is 12.4 Å². The molecule has 0 saturated heterocycles. The lowest BCUT2D eigenvalue weighted by Gasteiger charge is -2.25. The second kappa shape index (κ2) is 8.16. The summed E-state index contributed by atoms with van der Waals surface area (Å²) in [7, 11) is 1.77. The Balaban J connectivity index is 0.00000192. The molecule has 3 heteroatoms. The van der Waals surface area contributed by atoms with E-state index < -0.39 is 0 Å². The Labute approximate surface area is 145 Å². The first-order valence-corrected chi connectivity index (χ1v) is 8.09. The van der Waals surface area contributed by atoms with Gasteiger partial charge in [0.1, 0.15) is 5.75 Å². The van der Waals surface area contributed by atoms with Crippen LogP contribution in [0.25, 0.3) is 5.57 Å². The molecule has 2 nitrogen and oxygen atoms in total. The topological polar surface area (TPSA) is 22.1 Å². The second-order valence-electron chi connectivity index (χ2n) is 5.85. The van der Waals surface area contributed by atoms with Crippen LogP contribution in [0.3, 0.4) is 0 Å². The number of aromatic nitrogens is 1.